The van der Waals surface area contributed by atoms with Crippen molar-refractivity contribution in [1.82, 2.24) is 0 Å². The predicted octanol–water partition coefficient (Wildman–Crippen LogP) is 2.55. The summed E-state index contributed by atoms with van der Waals surface area (Å²) < 4.78 is 0. The Balaban J connectivity index is 2.05. The van der Waals surface area contributed by atoms with Gasteiger partial charge in [-0.15, -0.1) is 0 Å². The van der Waals surface area contributed by atoms with Crippen LogP contribution in [0.1, 0.15) is 42.3 Å². The van der Waals surface area contributed by atoms with Crippen LogP contribution >= 0.6 is 0 Å². The van der Waals surface area contributed by atoms with Gasteiger partial charge in [-0.3, -0.25) is 20.0 Å². The molecular formula is C21H23N5O2. The molecular weight excluding hydrogens is 354 g/mol. The van der Waals surface area contributed by atoms with E-state index in [1.54, 1.807) is 18.2 Å². The van der Waals surface area contributed by atoms with Gasteiger partial charge in [0, 0.05) is 11.1 Å². The molecule has 1 heterocycles. The highest BCUT2D eigenvalue weighted by Crippen LogP contribution is 2.28. The molecule has 2 aromatic rings. The second-order valence-corrected chi connectivity index (χ2v) is 7.37. The number of amides is 1. The second-order valence-electron chi connectivity index (χ2n) is 7.37. The van der Waals surface area contributed by atoms with Gasteiger partial charge in [0.25, 0.3) is 5.91 Å². The molecule has 0 saturated carbocycles. The first-order chi connectivity index (χ1) is 13.2. The van der Waals surface area contributed by atoms with Crippen LogP contribution in [-0.2, 0) is 11.2 Å². The number of benzene rings is 2. The number of aliphatic imine (C=N–C) groups is 1. The van der Waals surface area contributed by atoms with Crippen molar-refractivity contribution in [3.63, 3.8) is 0 Å². The summed E-state index contributed by atoms with van der Waals surface area (Å²) in [4.78, 5) is 28.6. The summed E-state index contributed by atoms with van der Waals surface area (Å²) in [5.41, 5.74) is 17.4. The Kier molecular flexibility index (Phi) is 5.00. The van der Waals surface area contributed by atoms with Gasteiger partial charge in [-0.2, -0.15) is 5.10 Å². The van der Waals surface area contributed by atoms with Crippen molar-refractivity contribution in [2.75, 3.05) is 11.2 Å². The number of para-hydroxylation sites is 1. The van der Waals surface area contributed by atoms with Crippen molar-refractivity contribution in [2.24, 2.45) is 15.8 Å². The zero-order valence-corrected chi connectivity index (χ0v) is 16.1. The van der Waals surface area contributed by atoms with Crippen molar-refractivity contribution < 1.29 is 9.59 Å². The number of carbonyl (C=O) groups is 2. The van der Waals surface area contributed by atoms with Gasteiger partial charge in [0.1, 0.15) is 0 Å². The molecule has 0 atom stereocenters. The second kappa shape index (κ2) is 7.26. The van der Waals surface area contributed by atoms with Gasteiger partial charge in [0.2, 0.25) is 0 Å². The van der Waals surface area contributed by atoms with E-state index >= 15 is 0 Å². The Morgan fingerprint density at radius 1 is 1.14 bits per heavy atom. The molecule has 144 valence electrons. The molecule has 0 unspecified atom stereocenters. The van der Waals surface area contributed by atoms with Crippen molar-refractivity contribution in [2.45, 2.75) is 32.7 Å². The molecule has 7 nitrogen and oxygen atoms in total. The largest absolute Gasteiger partial charge is 0.396 e. The van der Waals surface area contributed by atoms with Crippen LogP contribution in [0.25, 0.3) is 0 Å². The molecule has 7 heteroatoms. The van der Waals surface area contributed by atoms with Crippen LogP contribution in [0.2, 0.25) is 0 Å². The van der Waals surface area contributed by atoms with Gasteiger partial charge < -0.3 is 11.5 Å². The summed E-state index contributed by atoms with van der Waals surface area (Å²) in [7, 11) is 0. The summed E-state index contributed by atoms with van der Waals surface area (Å²) in [5.74, 6) is -0.868. The normalized spacial score (nSPS) is 15.4. The number of ketones is 1. The monoisotopic (exact) mass is 377 g/mol. The maximum Gasteiger partial charge on any atom is 0.271 e. The number of nitrogens with two attached hydrogens (primary N) is 2. The quantitative estimate of drug-likeness (QED) is 0.321. The fourth-order valence-electron chi connectivity index (χ4n) is 3.27. The molecule has 2 aromatic carbocycles. The highest BCUT2D eigenvalue weighted by Gasteiger charge is 2.30. The molecule has 5 N–H and O–H groups in total. The average molecular weight is 377 g/mol. The number of hydrogen-bond donors (Lipinski definition) is 3. The maximum absolute atomic E-state index is 12.2. The van der Waals surface area contributed by atoms with Crippen LogP contribution in [0.4, 0.5) is 11.4 Å². The molecule has 1 amide bonds. The Morgan fingerprint density at radius 2 is 1.86 bits per heavy atom. The van der Waals surface area contributed by atoms with E-state index in [2.05, 4.69) is 10.5 Å². The molecule has 0 aromatic heterocycles. The van der Waals surface area contributed by atoms with E-state index in [9.17, 15) is 9.59 Å². The number of Topliss-reactive ketones (excluding diaryl/α,β-unsaturated/α-hetero) is 1. The molecule has 0 fully saturated rings. The van der Waals surface area contributed by atoms with E-state index in [1.807, 2.05) is 38.1 Å². The predicted molar refractivity (Wildman–Crippen MR) is 112 cm³/mol. The molecule has 1 aliphatic rings. The number of nitrogens with one attached hydrogen (secondary N) is 1. The van der Waals surface area contributed by atoms with Crippen LogP contribution in [0, 0.1) is 0 Å². The summed E-state index contributed by atoms with van der Waals surface area (Å²) in [6.07, 6.45) is 0.750. The van der Waals surface area contributed by atoms with Gasteiger partial charge in [0.15, 0.2) is 11.5 Å². The number of hydrogen-bond acceptors (Lipinski definition) is 6. The Morgan fingerprint density at radius 3 is 2.54 bits per heavy atom. The van der Waals surface area contributed by atoms with E-state index < -0.39 is 11.4 Å². The zero-order valence-electron chi connectivity index (χ0n) is 16.1. The Bertz CT molecular complexity index is 1020. The number of nitrogens with zero attached hydrogens (tertiary/aromatic N) is 2. The fourth-order valence-corrected chi connectivity index (χ4v) is 3.27. The number of hydrazone groups is 1. The molecule has 0 spiro atoms. The standard InChI is InChI=1S/C21H23N5O2/c1-12(27)14-9-6-10-16(17(14)22)25-26-19(20(23)28)18-15-8-5-4-7-13(15)11-21(2,3)24-18/h4-10,25H,11,22H2,1-3H3,(H2,23,28). The van der Waals surface area contributed by atoms with E-state index in [0.717, 1.165) is 17.5 Å². The smallest absolute Gasteiger partial charge is 0.271 e. The number of primary amides is 1. The summed E-state index contributed by atoms with van der Waals surface area (Å²) >= 11 is 0. The van der Waals surface area contributed by atoms with Crippen LogP contribution < -0.4 is 16.9 Å². The Labute approximate surface area is 163 Å². The maximum atomic E-state index is 12.2. The first-order valence-corrected chi connectivity index (χ1v) is 8.91. The molecule has 0 saturated heterocycles. The minimum absolute atomic E-state index is 0.00727. The van der Waals surface area contributed by atoms with Gasteiger partial charge in [-0.1, -0.05) is 30.3 Å². The fraction of sp³-hybridized carbons (Fsp3) is 0.238. The minimum atomic E-state index is -0.708. The van der Waals surface area contributed by atoms with Crippen LogP contribution in [0.3, 0.4) is 0 Å². The van der Waals surface area contributed by atoms with Crippen LogP contribution in [0.5, 0.6) is 0 Å². The van der Waals surface area contributed by atoms with Crippen LogP contribution in [-0.4, -0.2) is 28.7 Å². The molecule has 0 radical (unpaired) electrons. The lowest BCUT2D eigenvalue weighted by Gasteiger charge is -2.29. The lowest BCUT2D eigenvalue weighted by molar-refractivity contribution is -0.111. The third kappa shape index (κ3) is 3.78. The van der Waals surface area contributed by atoms with Crippen molar-refractivity contribution in [3.8, 4) is 0 Å². The van der Waals surface area contributed by atoms with Crippen molar-refractivity contribution in [3.05, 3.63) is 59.2 Å². The van der Waals surface area contributed by atoms with Crippen molar-refractivity contribution in [1.29, 1.82) is 0 Å². The minimum Gasteiger partial charge on any atom is -0.396 e. The number of fused-ring (bicyclic) bond motifs is 1. The molecule has 28 heavy (non-hydrogen) atoms. The summed E-state index contributed by atoms with van der Waals surface area (Å²) in [5, 5.41) is 4.21. The topological polar surface area (TPSA) is 123 Å². The number of anilines is 2. The molecule has 1 aliphatic heterocycles. The zero-order chi connectivity index (χ0) is 20.5. The summed E-state index contributed by atoms with van der Waals surface area (Å²) in [6.45, 7) is 5.41. The average Bonchev–Trinajstić information content (AvgIpc) is 2.61. The number of carbonyl (C=O) groups excluding carboxylic acids is 2. The lowest BCUT2D eigenvalue weighted by Crippen LogP contribution is -2.38. The highest BCUT2D eigenvalue weighted by atomic mass is 16.1. The molecule has 0 aliphatic carbocycles. The van der Waals surface area contributed by atoms with Gasteiger partial charge in [0.05, 0.1) is 22.6 Å². The van der Waals surface area contributed by atoms with E-state index in [1.165, 1.54) is 6.92 Å². The third-order valence-electron chi connectivity index (χ3n) is 4.54. The highest BCUT2D eigenvalue weighted by molar-refractivity contribution is 6.70. The van der Waals surface area contributed by atoms with Crippen LogP contribution in [0.15, 0.2) is 52.6 Å². The SMILES string of the molecule is CC(=O)c1cccc(NN=C(C(N)=O)C2=NC(C)(C)Cc3ccccc32)c1N. The number of rotatable bonds is 5. The Hall–Kier alpha value is -3.48. The van der Waals surface area contributed by atoms with Crippen molar-refractivity contribution >= 4 is 34.5 Å². The van der Waals surface area contributed by atoms with E-state index in [0.29, 0.717) is 17.0 Å². The summed E-state index contributed by atoms with van der Waals surface area (Å²) in [6, 6.07) is 12.7. The van der Waals surface area contributed by atoms with E-state index in [-0.39, 0.29) is 17.2 Å². The molecule has 0 bridgehead atoms. The van der Waals surface area contributed by atoms with Gasteiger partial charge in [-0.05, 0) is 44.9 Å². The third-order valence-corrected chi connectivity index (χ3v) is 4.54. The first-order valence-electron chi connectivity index (χ1n) is 8.91. The molecule has 3 rings (SSSR count). The lowest BCUT2D eigenvalue weighted by atomic mass is 9.85. The van der Waals surface area contributed by atoms with Gasteiger partial charge >= 0.3 is 0 Å². The van der Waals surface area contributed by atoms with Gasteiger partial charge in [-0.25, -0.2) is 0 Å². The first kappa shape index (κ1) is 19.3. The number of nitrogen functional groups attached to an aromatic ring is 1. The van der Waals surface area contributed by atoms with E-state index in [4.69, 9.17) is 16.5 Å².